The highest BCUT2D eigenvalue weighted by Crippen LogP contribution is 2.23. The van der Waals surface area contributed by atoms with Crippen LogP contribution in [0.1, 0.15) is 19.3 Å². The number of sulfone groups is 1. The molecule has 0 radical (unpaired) electrons. The van der Waals surface area contributed by atoms with Gasteiger partial charge < -0.3 is 5.32 Å². The van der Waals surface area contributed by atoms with Gasteiger partial charge in [0.25, 0.3) is 5.91 Å². The van der Waals surface area contributed by atoms with Gasteiger partial charge in [-0.2, -0.15) is 10.2 Å². The number of hydrazone groups is 1. The highest BCUT2D eigenvalue weighted by atomic mass is 32.2. The van der Waals surface area contributed by atoms with Crippen LogP contribution in [-0.2, 0) is 19.4 Å². The van der Waals surface area contributed by atoms with Gasteiger partial charge in [0, 0.05) is 31.4 Å². The van der Waals surface area contributed by atoms with Crippen molar-refractivity contribution in [3.8, 4) is 5.82 Å². The molecule has 0 spiro atoms. The van der Waals surface area contributed by atoms with Crippen LogP contribution >= 0.6 is 0 Å². The number of hydrogen-bond acceptors (Lipinski definition) is 7. The van der Waals surface area contributed by atoms with Crippen LogP contribution in [0.15, 0.2) is 41.9 Å². The zero-order chi connectivity index (χ0) is 19.7. The quantitative estimate of drug-likeness (QED) is 0.787. The molecule has 2 aliphatic rings. The van der Waals surface area contributed by atoms with Crippen molar-refractivity contribution in [1.82, 2.24) is 19.8 Å². The van der Waals surface area contributed by atoms with E-state index in [9.17, 15) is 18.0 Å². The lowest BCUT2D eigenvalue weighted by Crippen LogP contribution is -2.42. The molecule has 10 nitrogen and oxygen atoms in total. The first-order chi connectivity index (χ1) is 13.4. The molecule has 0 unspecified atom stereocenters. The molecule has 1 N–H and O–H groups in total. The monoisotopic (exact) mass is 402 g/mol. The predicted molar refractivity (Wildman–Crippen MR) is 101 cm³/mol. The molecule has 2 aromatic heterocycles. The number of carbonyl (C=O) groups is 2. The van der Waals surface area contributed by atoms with E-state index < -0.39 is 21.8 Å². The number of anilines is 1. The number of hydrogen-bond donors (Lipinski definition) is 1. The highest BCUT2D eigenvalue weighted by Gasteiger charge is 2.37. The average molecular weight is 402 g/mol. The zero-order valence-electron chi connectivity index (χ0n) is 14.9. The van der Waals surface area contributed by atoms with Crippen LogP contribution in [0.5, 0.6) is 0 Å². The maximum absolute atomic E-state index is 12.7. The van der Waals surface area contributed by atoms with Crippen LogP contribution in [0, 0.1) is 0 Å². The molecule has 146 valence electrons. The molecule has 2 aromatic rings. The summed E-state index contributed by atoms with van der Waals surface area (Å²) in [7, 11) is -3.17. The molecule has 2 amide bonds. The number of rotatable bonds is 4. The van der Waals surface area contributed by atoms with E-state index >= 15 is 0 Å². The number of amides is 2. The fourth-order valence-electron chi connectivity index (χ4n) is 3.25. The van der Waals surface area contributed by atoms with Crippen molar-refractivity contribution in [3.05, 3.63) is 36.8 Å². The zero-order valence-corrected chi connectivity index (χ0v) is 15.7. The molecule has 11 heteroatoms. The van der Waals surface area contributed by atoms with Crippen LogP contribution in [0.25, 0.3) is 5.82 Å². The Balaban J connectivity index is 1.56. The Hall–Kier alpha value is -3.08. The Labute approximate surface area is 161 Å². The minimum atomic E-state index is -3.17. The minimum absolute atomic E-state index is 0.0292. The molecule has 28 heavy (non-hydrogen) atoms. The standard InChI is InChI=1S/C17H18N6O4S/c24-15-5-4-14(21-23(15)12-6-10-28(26,27)11-12)17(25)20-13-3-1-7-18-16(13)22-9-2-8-19-22/h1-3,7-9,12H,4-6,10-11H2,(H,20,25)/t12-/m1/s1. The first kappa shape index (κ1) is 18.3. The lowest BCUT2D eigenvalue weighted by molar-refractivity contribution is -0.133. The predicted octanol–water partition coefficient (Wildman–Crippen LogP) is 0.371. The lowest BCUT2D eigenvalue weighted by atomic mass is 10.1. The number of aromatic nitrogens is 3. The third kappa shape index (κ3) is 3.65. The lowest BCUT2D eigenvalue weighted by Gasteiger charge is -2.27. The van der Waals surface area contributed by atoms with Gasteiger partial charge in [0.05, 0.1) is 23.2 Å². The summed E-state index contributed by atoms with van der Waals surface area (Å²) in [5, 5.41) is 12.2. The summed E-state index contributed by atoms with van der Waals surface area (Å²) in [6.07, 6.45) is 5.53. The van der Waals surface area contributed by atoms with Gasteiger partial charge in [-0.15, -0.1) is 0 Å². The normalized spacial score (nSPS) is 21.4. The van der Waals surface area contributed by atoms with Gasteiger partial charge in [0.2, 0.25) is 5.91 Å². The molecule has 4 heterocycles. The second-order valence-electron chi connectivity index (χ2n) is 6.62. The molecule has 4 rings (SSSR count). The Kier molecular flexibility index (Phi) is 4.67. The van der Waals surface area contributed by atoms with Crippen LogP contribution in [0.4, 0.5) is 5.69 Å². The van der Waals surface area contributed by atoms with Gasteiger partial charge in [0.15, 0.2) is 15.7 Å². The van der Waals surface area contributed by atoms with E-state index in [1.165, 1.54) is 9.69 Å². The largest absolute Gasteiger partial charge is 0.318 e. The van der Waals surface area contributed by atoms with Crippen molar-refractivity contribution >= 4 is 33.1 Å². The van der Waals surface area contributed by atoms with Crippen molar-refractivity contribution in [2.45, 2.75) is 25.3 Å². The maximum Gasteiger partial charge on any atom is 0.271 e. The topological polar surface area (TPSA) is 127 Å². The van der Waals surface area contributed by atoms with Gasteiger partial charge >= 0.3 is 0 Å². The third-order valence-corrected chi connectivity index (χ3v) is 6.38. The van der Waals surface area contributed by atoms with E-state index in [1.807, 2.05) is 0 Å². The van der Waals surface area contributed by atoms with E-state index in [4.69, 9.17) is 0 Å². The molecule has 0 bridgehead atoms. The van der Waals surface area contributed by atoms with E-state index in [2.05, 4.69) is 20.5 Å². The average Bonchev–Trinajstić information content (AvgIpc) is 3.32. The first-order valence-electron chi connectivity index (χ1n) is 8.79. The Morgan fingerprint density at radius 1 is 1.21 bits per heavy atom. The van der Waals surface area contributed by atoms with Crippen LogP contribution in [-0.4, -0.2) is 63.3 Å². The van der Waals surface area contributed by atoms with Crippen molar-refractivity contribution < 1.29 is 18.0 Å². The Morgan fingerprint density at radius 3 is 2.79 bits per heavy atom. The number of carbonyl (C=O) groups excluding carboxylic acids is 2. The molecule has 0 aliphatic carbocycles. The molecule has 0 saturated carbocycles. The fourth-order valence-corrected chi connectivity index (χ4v) is 4.95. The van der Waals surface area contributed by atoms with Gasteiger partial charge in [-0.1, -0.05) is 0 Å². The summed E-state index contributed by atoms with van der Waals surface area (Å²) < 4.78 is 25.0. The van der Waals surface area contributed by atoms with E-state index in [0.29, 0.717) is 17.9 Å². The van der Waals surface area contributed by atoms with Gasteiger partial charge in [0.1, 0.15) is 5.71 Å². The molecular formula is C17H18N6O4S. The fraction of sp³-hybridized carbons (Fsp3) is 0.353. The summed E-state index contributed by atoms with van der Waals surface area (Å²) in [6.45, 7) is 0. The van der Waals surface area contributed by atoms with Crippen LogP contribution in [0.2, 0.25) is 0 Å². The first-order valence-corrected chi connectivity index (χ1v) is 10.6. The van der Waals surface area contributed by atoms with E-state index in [-0.39, 0.29) is 36.0 Å². The third-order valence-electron chi connectivity index (χ3n) is 4.63. The molecule has 1 atom stereocenters. The van der Waals surface area contributed by atoms with Gasteiger partial charge in [-0.25, -0.2) is 23.1 Å². The van der Waals surface area contributed by atoms with Crippen LogP contribution in [0.3, 0.4) is 0 Å². The molecular weight excluding hydrogens is 384 g/mol. The number of nitrogens with zero attached hydrogens (tertiary/aromatic N) is 5. The molecule has 2 aliphatic heterocycles. The molecule has 1 fully saturated rings. The van der Waals surface area contributed by atoms with Crippen LogP contribution < -0.4 is 5.32 Å². The Bertz CT molecular complexity index is 1050. The summed E-state index contributed by atoms with van der Waals surface area (Å²) in [6, 6.07) is 4.60. The summed E-state index contributed by atoms with van der Waals surface area (Å²) in [4.78, 5) is 29.2. The second kappa shape index (κ2) is 7.15. The molecule has 1 saturated heterocycles. The van der Waals surface area contributed by atoms with Gasteiger partial charge in [-0.05, 0) is 24.6 Å². The van der Waals surface area contributed by atoms with E-state index in [0.717, 1.165) is 0 Å². The Morgan fingerprint density at radius 2 is 2.07 bits per heavy atom. The number of nitrogens with one attached hydrogen (secondary N) is 1. The van der Waals surface area contributed by atoms with Crippen molar-refractivity contribution in [2.24, 2.45) is 5.10 Å². The molecule has 0 aromatic carbocycles. The number of pyridine rings is 1. The van der Waals surface area contributed by atoms with Gasteiger partial charge in [-0.3, -0.25) is 9.59 Å². The highest BCUT2D eigenvalue weighted by molar-refractivity contribution is 7.91. The SMILES string of the molecule is O=C(Nc1cccnc1-n1cccn1)C1=NN([C@@H]2CCS(=O)(=O)C2)C(=O)CC1. The van der Waals surface area contributed by atoms with E-state index in [1.54, 1.807) is 36.8 Å². The van der Waals surface area contributed by atoms with Crippen molar-refractivity contribution in [2.75, 3.05) is 16.8 Å². The summed E-state index contributed by atoms with van der Waals surface area (Å²) in [5.74, 6) is -0.367. The maximum atomic E-state index is 12.7. The summed E-state index contributed by atoms with van der Waals surface area (Å²) in [5.41, 5.74) is 0.630. The minimum Gasteiger partial charge on any atom is -0.318 e. The second-order valence-corrected chi connectivity index (χ2v) is 8.85. The smallest absolute Gasteiger partial charge is 0.271 e. The van der Waals surface area contributed by atoms with Crippen molar-refractivity contribution in [3.63, 3.8) is 0 Å². The summed E-state index contributed by atoms with van der Waals surface area (Å²) >= 11 is 0. The van der Waals surface area contributed by atoms with Crippen molar-refractivity contribution in [1.29, 1.82) is 0 Å².